The Hall–Kier alpha value is -0.990. The lowest BCUT2D eigenvalue weighted by Gasteiger charge is -2.34. The van der Waals surface area contributed by atoms with Crippen LogP contribution < -0.4 is 4.89 Å². The standard InChI is InChI=1S/C44H88NO8P/c1-6-8-10-12-14-16-18-20-22-24-26-28-30-32-34-36-42(46)51-39-41(40-52-54(49,50)44(48)38-45(3,4)5)53-43(47)37-35-33-31-29-27-25-23-21-19-17-15-13-11-9-7-2/h41,44,48H,6-40H2,1-5H3/t41-,44?/m1/s1/i48D. The lowest BCUT2D eigenvalue weighted by molar-refractivity contribution is -0.872. The number of likely N-dealkylation sites (N-methyl/N-ethyl adjacent to an activating group) is 1. The van der Waals surface area contributed by atoms with E-state index in [1.54, 1.807) is 21.1 Å². The van der Waals surface area contributed by atoms with E-state index < -0.39 is 38.1 Å². The molecule has 10 heteroatoms. The van der Waals surface area contributed by atoms with Crippen LogP contribution in [0.3, 0.4) is 0 Å². The number of esters is 2. The molecule has 0 spiro atoms. The van der Waals surface area contributed by atoms with Gasteiger partial charge in [0, 0.05) is 12.8 Å². The number of unbranched alkanes of at least 4 members (excludes halogenated alkanes) is 28. The van der Waals surface area contributed by atoms with Gasteiger partial charge in [0.25, 0.3) is 0 Å². The maximum absolute atomic E-state index is 12.9. The maximum Gasteiger partial charge on any atom is 0.306 e. The van der Waals surface area contributed by atoms with Crippen molar-refractivity contribution in [3.05, 3.63) is 0 Å². The second-order valence-electron chi connectivity index (χ2n) is 17.0. The molecule has 0 fully saturated rings. The van der Waals surface area contributed by atoms with Crippen molar-refractivity contribution in [1.29, 1.82) is 1.43 Å². The molecular formula is C44H88NO8P. The zero-order chi connectivity index (χ0) is 40.9. The van der Waals surface area contributed by atoms with E-state index in [4.69, 9.17) is 15.4 Å². The number of carbonyl (C=O) groups excluding carboxylic acids is 2. The fraction of sp³-hybridized carbons (Fsp3) is 0.955. The first kappa shape index (κ1) is 51.0. The highest BCUT2D eigenvalue weighted by atomic mass is 31.2. The summed E-state index contributed by atoms with van der Waals surface area (Å²) in [6.45, 7) is 3.72. The molecule has 0 aromatic rings. The topological polar surface area (TPSA) is 122 Å². The van der Waals surface area contributed by atoms with Crippen LogP contribution in [0.1, 0.15) is 219 Å². The van der Waals surface area contributed by atoms with Gasteiger partial charge in [-0.1, -0.05) is 194 Å². The van der Waals surface area contributed by atoms with Gasteiger partial charge in [0.2, 0.25) is 1.43 Å². The molecule has 0 radical (unpaired) electrons. The molecule has 54 heavy (non-hydrogen) atoms. The van der Waals surface area contributed by atoms with Crippen molar-refractivity contribution in [3.63, 3.8) is 0 Å². The normalized spacial score (nSPS) is 14.4. The second kappa shape index (κ2) is 36.4. The molecule has 0 rings (SSSR count). The molecule has 0 saturated heterocycles. The molecule has 1 N–H and O–H groups in total. The third-order valence-corrected chi connectivity index (χ3v) is 11.6. The summed E-state index contributed by atoms with van der Waals surface area (Å²) in [6.07, 6.45) is 36.5. The molecule has 0 aromatic heterocycles. The first-order chi connectivity index (χ1) is 26.4. The number of aliphatic hydroxyl groups is 1. The van der Waals surface area contributed by atoms with E-state index in [0.717, 1.165) is 38.5 Å². The summed E-state index contributed by atoms with van der Waals surface area (Å²) in [5, 5.41) is 4.50. The molecule has 0 aliphatic rings. The summed E-state index contributed by atoms with van der Waals surface area (Å²) < 4.78 is 36.6. The molecule has 0 amide bonds. The van der Waals surface area contributed by atoms with Crippen molar-refractivity contribution in [2.24, 2.45) is 0 Å². The molecule has 3 atom stereocenters. The lowest BCUT2D eigenvalue weighted by atomic mass is 10.0. The third-order valence-electron chi connectivity index (χ3n) is 10.2. The van der Waals surface area contributed by atoms with E-state index in [9.17, 15) is 19.0 Å². The quantitative estimate of drug-likeness (QED) is 0.0281. The van der Waals surface area contributed by atoms with Gasteiger partial charge in [0.15, 0.2) is 19.5 Å². The smallest absolute Gasteiger partial charge is 0.306 e. The van der Waals surface area contributed by atoms with Crippen LogP contribution in [0.25, 0.3) is 0 Å². The molecule has 0 bridgehead atoms. The minimum absolute atomic E-state index is 0.00215. The number of carbonyl (C=O) groups is 2. The number of nitrogens with zero attached hydrogens (tertiary/aromatic N) is 1. The average molecular weight is 791 g/mol. The predicted molar refractivity (Wildman–Crippen MR) is 222 cm³/mol. The van der Waals surface area contributed by atoms with Gasteiger partial charge in [-0.15, -0.1) is 0 Å². The van der Waals surface area contributed by atoms with Gasteiger partial charge in [-0.3, -0.25) is 9.59 Å². The Bertz CT molecular complexity index is 934. The predicted octanol–water partition coefficient (Wildman–Crippen LogP) is 11.6. The maximum atomic E-state index is 12.9. The summed E-state index contributed by atoms with van der Waals surface area (Å²) in [5.41, 5.74) is 0. The zero-order valence-electron chi connectivity index (χ0n) is 37.1. The minimum Gasteiger partial charge on any atom is -0.777 e. The van der Waals surface area contributed by atoms with Crippen LogP contribution in [-0.4, -0.2) is 75.8 Å². The lowest BCUT2D eigenvalue weighted by Crippen LogP contribution is -2.43. The van der Waals surface area contributed by atoms with Gasteiger partial charge in [0.1, 0.15) is 13.2 Å². The molecular weight excluding hydrogens is 701 g/mol. The summed E-state index contributed by atoms with van der Waals surface area (Å²) >= 11 is 0. The molecule has 0 aliphatic heterocycles. The van der Waals surface area contributed by atoms with Crippen LogP contribution in [0.2, 0.25) is 0 Å². The fourth-order valence-electron chi connectivity index (χ4n) is 6.74. The van der Waals surface area contributed by atoms with Gasteiger partial charge in [-0.05, 0) is 12.8 Å². The second-order valence-corrected chi connectivity index (χ2v) is 18.9. The Morgan fingerprint density at radius 2 is 0.907 bits per heavy atom. The van der Waals surface area contributed by atoms with Crippen LogP contribution in [0.5, 0.6) is 0 Å². The van der Waals surface area contributed by atoms with Crippen molar-refractivity contribution in [2.75, 3.05) is 40.9 Å². The number of hydrogen-bond acceptors (Lipinski definition) is 8. The molecule has 0 aliphatic carbocycles. The van der Waals surface area contributed by atoms with E-state index in [1.165, 1.54) is 148 Å². The highest BCUT2D eigenvalue weighted by Gasteiger charge is 2.29. The van der Waals surface area contributed by atoms with Crippen LogP contribution in [0, 0.1) is 0 Å². The Morgan fingerprint density at radius 3 is 1.24 bits per heavy atom. The Labute approximate surface area is 335 Å². The monoisotopic (exact) mass is 791 g/mol. The Balaban J connectivity index is 4.44. The minimum atomic E-state index is -4.65. The largest absolute Gasteiger partial charge is 0.777 e. The number of hydrogen-bond donors (Lipinski definition) is 1. The summed E-state index contributed by atoms with van der Waals surface area (Å²) in [4.78, 5) is 38.1. The van der Waals surface area contributed by atoms with Crippen LogP contribution >= 0.6 is 7.60 Å². The Kier molecular flexibility index (Phi) is 34.4. The first-order valence-electron chi connectivity index (χ1n) is 23.1. The van der Waals surface area contributed by atoms with Gasteiger partial charge in [-0.25, -0.2) is 0 Å². The van der Waals surface area contributed by atoms with E-state index in [0.29, 0.717) is 6.42 Å². The average Bonchev–Trinajstić information content (AvgIpc) is 3.14. The first-order valence-corrected chi connectivity index (χ1v) is 24.3. The van der Waals surface area contributed by atoms with Crippen molar-refractivity contribution in [1.82, 2.24) is 0 Å². The number of rotatable bonds is 42. The molecule has 0 saturated carbocycles. The zero-order valence-corrected chi connectivity index (χ0v) is 37.0. The summed E-state index contributed by atoms with van der Waals surface area (Å²) in [7, 11) is 0.703. The van der Waals surface area contributed by atoms with Crippen LogP contribution in [0.15, 0.2) is 0 Å². The number of ether oxygens (including phenoxy) is 2. The van der Waals surface area contributed by atoms with Crippen molar-refractivity contribution >= 4 is 19.5 Å². The molecule has 0 heterocycles. The van der Waals surface area contributed by atoms with Crippen molar-refractivity contribution in [3.8, 4) is 0 Å². The SMILES string of the molecule is [2H]OC(C[N+](C)(C)C)P(=O)([O-])OC[C@@H](COC(=O)CCCCCCCCCCCCCCCCC)OC(=O)CCCCCCCCCCCCCCCCC. The van der Waals surface area contributed by atoms with Gasteiger partial charge in [0.05, 0.1) is 27.7 Å². The summed E-state index contributed by atoms with van der Waals surface area (Å²) in [6, 6.07) is 0. The fourth-order valence-corrected chi connectivity index (χ4v) is 7.97. The molecule has 0 aromatic carbocycles. The van der Waals surface area contributed by atoms with E-state index >= 15 is 0 Å². The number of aliphatic hydroxyl groups excluding tert-OH is 1. The van der Waals surface area contributed by atoms with Gasteiger partial charge < -0.3 is 33.0 Å². The highest BCUT2D eigenvalue weighted by molar-refractivity contribution is 7.51. The van der Waals surface area contributed by atoms with Crippen molar-refractivity contribution in [2.45, 2.75) is 231 Å². The van der Waals surface area contributed by atoms with E-state index in [2.05, 4.69) is 19.0 Å². The summed E-state index contributed by atoms with van der Waals surface area (Å²) in [5.74, 6) is -2.36. The number of quaternary nitrogens is 1. The van der Waals surface area contributed by atoms with Crippen molar-refractivity contribution < 1.29 is 42.6 Å². The van der Waals surface area contributed by atoms with Crippen LogP contribution in [-0.2, 0) is 28.2 Å². The van der Waals surface area contributed by atoms with Gasteiger partial charge in [-0.2, -0.15) is 0 Å². The highest BCUT2D eigenvalue weighted by Crippen LogP contribution is 2.42. The molecule has 9 nitrogen and oxygen atoms in total. The Morgan fingerprint density at radius 1 is 0.574 bits per heavy atom. The van der Waals surface area contributed by atoms with E-state index in [-0.39, 0.29) is 30.5 Å². The third kappa shape index (κ3) is 36.6. The molecule has 322 valence electrons. The van der Waals surface area contributed by atoms with Crippen LogP contribution in [0.4, 0.5) is 0 Å². The van der Waals surface area contributed by atoms with E-state index in [1.807, 2.05) is 0 Å². The van der Waals surface area contributed by atoms with Gasteiger partial charge >= 0.3 is 11.9 Å². The molecule has 2 unspecified atom stereocenters.